The minimum atomic E-state index is -3.64. The summed E-state index contributed by atoms with van der Waals surface area (Å²) in [7, 11) is -6.96. The molecule has 0 bridgehead atoms. The molecule has 0 amide bonds. The molecule has 7 nitrogen and oxygen atoms in total. The molecule has 9 heteroatoms. The van der Waals surface area contributed by atoms with Gasteiger partial charge >= 0.3 is 0 Å². The molecule has 3 rings (SSSR count). The lowest BCUT2D eigenvalue weighted by atomic mass is 10.2. The first-order valence-electron chi connectivity index (χ1n) is 8.56. The Morgan fingerprint density at radius 1 is 1.15 bits per heavy atom. The minimum Gasteiger partial charge on any atom is -0.492 e. The van der Waals surface area contributed by atoms with E-state index >= 15 is 0 Å². The number of ether oxygens (including phenoxy) is 1. The lowest BCUT2D eigenvalue weighted by Crippen LogP contribution is -2.25. The summed E-state index contributed by atoms with van der Waals surface area (Å²) in [4.78, 5) is 0. The smallest absolute Gasteiger partial charge is 0.236 e. The quantitative estimate of drug-likeness (QED) is 0.756. The highest BCUT2D eigenvalue weighted by molar-refractivity contribution is 7.93. The number of benzene rings is 2. The third kappa shape index (κ3) is 4.92. The van der Waals surface area contributed by atoms with Gasteiger partial charge in [-0.2, -0.15) is 0 Å². The number of anilines is 2. The molecule has 27 heavy (non-hydrogen) atoms. The SMILES string of the molecule is Cc1ccc(N2CCCS2(=O)=O)cc1NS(=O)(=O)CCOc1ccccc1. The molecule has 0 spiro atoms. The van der Waals surface area contributed by atoms with Crippen molar-refractivity contribution >= 4 is 31.4 Å². The predicted octanol–water partition coefficient (Wildman–Crippen LogP) is 2.36. The third-order valence-electron chi connectivity index (χ3n) is 4.24. The van der Waals surface area contributed by atoms with Crippen LogP contribution in [0.4, 0.5) is 11.4 Å². The lowest BCUT2D eigenvalue weighted by Gasteiger charge is -2.19. The predicted molar refractivity (Wildman–Crippen MR) is 106 cm³/mol. The first-order chi connectivity index (χ1) is 12.8. The van der Waals surface area contributed by atoms with Crippen molar-refractivity contribution in [2.24, 2.45) is 0 Å². The summed E-state index contributed by atoms with van der Waals surface area (Å²) >= 11 is 0. The number of hydrogen-bond acceptors (Lipinski definition) is 5. The molecule has 0 saturated carbocycles. The van der Waals surface area contributed by atoms with Crippen LogP contribution in [-0.2, 0) is 20.0 Å². The van der Waals surface area contributed by atoms with Crippen molar-refractivity contribution in [3.05, 3.63) is 54.1 Å². The highest BCUT2D eigenvalue weighted by atomic mass is 32.2. The van der Waals surface area contributed by atoms with Crippen LogP contribution in [0, 0.1) is 6.92 Å². The van der Waals surface area contributed by atoms with Crippen molar-refractivity contribution in [2.75, 3.05) is 33.7 Å². The molecular weight excluding hydrogens is 388 g/mol. The van der Waals surface area contributed by atoms with E-state index in [1.165, 1.54) is 4.31 Å². The maximum Gasteiger partial charge on any atom is 0.236 e. The van der Waals surface area contributed by atoms with Crippen molar-refractivity contribution in [3.8, 4) is 5.75 Å². The molecule has 0 unspecified atom stereocenters. The molecule has 1 N–H and O–H groups in total. The number of sulfonamides is 2. The molecule has 1 saturated heterocycles. The van der Waals surface area contributed by atoms with E-state index in [9.17, 15) is 16.8 Å². The summed E-state index contributed by atoms with van der Waals surface area (Å²) in [5.41, 5.74) is 1.55. The molecule has 0 atom stereocenters. The van der Waals surface area contributed by atoms with Crippen LogP contribution in [0.3, 0.4) is 0 Å². The van der Waals surface area contributed by atoms with Crippen LogP contribution in [0.25, 0.3) is 0 Å². The normalized spacial score (nSPS) is 16.3. The minimum absolute atomic E-state index is 0.0125. The molecule has 2 aromatic rings. The average Bonchev–Trinajstić information content (AvgIpc) is 2.97. The summed E-state index contributed by atoms with van der Waals surface area (Å²) in [5.74, 6) is 0.497. The van der Waals surface area contributed by atoms with Gasteiger partial charge in [0.05, 0.1) is 17.1 Å². The van der Waals surface area contributed by atoms with Crippen molar-refractivity contribution in [1.82, 2.24) is 0 Å². The maximum absolute atomic E-state index is 12.4. The molecule has 1 aliphatic heterocycles. The Morgan fingerprint density at radius 2 is 1.89 bits per heavy atom. The molecule has 1 heterocycles. The molecule has 2 aromatic carbocycles. The van der Waals surface area contributed by atoms with Gasteiger partial charge in [-0.3, -0.25) is 9.03 Å². The van der Waals surface area contributed by atoms with Gasteiger partial charge in [0.15, 0.2) is 0 Å². The second-order valence-corrected chi connectivity index (χ2v) is 10.2. The van der Waals surface area contributed by atoms with Crippen molar-refractivity contribution < 1.29 is 21.6 Å². The van der Waals surface area contributed by atoms with Gasteiger partial charge in [0, 0.05) is 6.54 Å². The largest absolute Gasteiger partial charge is 0.492 e. The topological polar surface area (TPSA) is 92.8 Å². The Hall–Kier alpha value is -2.26. The van der Waals surface area contributed by atoms with Crippen LogP contribution in [-0.4, -0.2) is 41.5 Å². The number of nitrogens with zero attached hydrogens (tertiary/aromatic N) is 1. The lowest BCUT2D eigenvalue weighted by molar-refractivity contribution is 0.341. The fraction of sp³-hybridized carbons (Fsp3) is 0.333. The first kappa shape index (κ1) is 19.5. The molecule has 1 aliphatic rings. The highest BCUT2D eigenvalue weighted by Gasteiger charge is 2.28. The highest BCUT2D eigenvalue weighted by Crippen LogP contribution is 2.29. The van der Waals surface area contributed by atoms with E-state index in [0.717, 1.165) is 0 Å². The Balaban J connectivity index is 1.69. The van der Waals surface area contributed by atoms with Crippen LogP contribution >= 0.6 is 0 Å². The summed E-state index contributed by atoms with van der Waals surface area (Å²) < 4.78 is 58.2. The van der Waals surface area contributed by atoms with E-state index in [2.05, 4.69) is 4.72 Å². The molecule has 0 aromatic heterocycles. The Morgan fingerprint density at radius 3 is 2.56 bits per heavy atom. The van der Waals surface area contributed by atoms with E-state index in [1.54, 1.807) is 37.3 Å². The van der Waals surface area contributed by atoms with E-state index in [1.807, 2.05) is 18.2 Å². The number of nitrogens with one attached hydrogen (secondary N) is 1. The summed E-state index contributed by atoms with van der Waals surface area (Å²) in [6, 6.07) is 13.9. The van der Waals surface area contributed by atoms with Gasteiger partial charge < -0.3 is 4.74 Å². The van der Waals surface area contributed by atoms with Gasteiger partial charge in [0.1, 0.15) is 18.1 Å². The van der Waals surface area contributed by atoms with Crippen molar-refractivity contribution in [3.63, 3.8) is 0 Å². The van der Waals surface area contributed by atoms with Gasteiger partial charge in [-0.05, 0) is 43.2 Å². The van der Waals surface area contributed by atoms with Crippen molar-refractivity contribution in [1.29, 1.82) is 0 Å². The zero-order chi connectivity index (χ0) is 19.5. The zero-order valence-electron chi connectivity index (χ0n) is 15.0. The van der Waals surface area contributed by atoms with Crippen LogP contribution in [0.2, 0.25) is 0 Å². The van der Waals surface area contributed by atoms with E-state index in [4.69, 9.17) is 4.74 Å². The fourth-order valence-corrected chi connectivity index (χ4v) is 5.33. The monoisotopic (exact) mass is 410 g/mol. The van der Waals surface area contributed by atoms with Gasteiger partial charge in [-0.1, -0.05) is 24.3 Å². The van der Waals surface area contributed by atoms with Crippen LogP contribution < -0.4 is 13.8 Å². The standard InChI is InChI=1S/C18H22N2O5S2/c1-15-8-9-16(20-10-5-12-27(20,23)24)14-18(15)19-26(21,22)13-11-25-17-6-3-2-4-7-17/h2-4,6-9,14,19H,5,10-13H2,1H3. The summed E-state index contributed by atoms with van der Waals surface area (Å²) in [6.07, 6.45) is 0.564. The van der Waals surface area contributed by atoms with E-state index < -0.39 is 20.0 Å². The fourth-order valence-electron chi connectivity index (χ4n) is 2.81. The molecular formula is C18H22N2O5S2. The number of para-hydroxylation sites is 1. The second kappa shape index (κ2) is 7.77. The Kier molecular flexibility index (Phi) is 5.61. The molecule has 0 radical (unpaired) electrons. The van der Waals surface area contributed by atoms with E-state index in [0.29, 0.717) is 35.7 Å². The molecule has 1 fully saturated rings. The number of rotatable bonds is 7. The Bertz CT molecular complexity index is 1010. The van der Waals surface area contributed by atoms with Gasteiger partial charge in [-0.25, -0.2) is 16.8 Å². The van der Waals surface area contributed by atoms with E-state index in [-0.39, 0.29) is 18.1 Å². The maximum atomic E-state index is 12.4. The number of aryl methyl sites for hydroxylation is 1. The Labute approximate surface area is 160 Å². The summed E-state index contributed by atoms with van der Waals surface area (Å²) in [5, 5.41) is 0. The van der Waals surface area contributed by atoms with Crippen molar-refractivity contribution in [2.45, 2.75) is 13.3 Å². The zero-order valence-corrected chi connectivity index (χ0v) is 16.6. The van der Waals surface area contributed by atoms with Gasteiger partial charge in [0.2, 0.25) is 20.0 Å². The molecule has 146 valence electrons. The van der Waals surface area contributed by atoms with Crippen LogP contribution in [0.15, 0.2) is 48.5 Å². The average molecular weight is 411 g/mol. The van der Waals surface area contributed by atoms with Crippen LogP contribution in [0.1, 0.15) is 12.0 Å². The first-order valence-corrected chi connectivity index (χ1v) is 11.8. The second-order valence-electron chi connectivity index (χ2n) is 6.32. The molecule has 0 aliphatic carbocycles. The van der Waals surface area contributed by atoms with Crippen LogP contribution in [0.5, 0.6) is 5.75 Å². The third-order valence-corrected chi connectivity index (χ3v) is 7.34. The number of hydrogen-bond donors (Lipinski definition) is 1. The van der Waals surface area contributed by atoms with Gasteiger partial charge in [0.25, 0.3) is 0 Å². The summed E-state index contributed by atoms with van der Waals surface area (Å²) in [6.45, 7) is 2.18. The van der Waals surface area contributed by atoms with Gasteiger partial charge in [-0.15, -0.1) is 0 Å².